The van der Waals surface area contributed by atoms with Gasteiger partial charge in [-0.05, 0) is 43.0 Å². The molecule has 8 nitrogen and oxygen atoms in total. The number of nitrogens with zero attached hydrogens (tertiary/aromatic N) is 2. The summed E-state index contributed by atoms with van der Waals surface area (Å²) < 4.78 is 32.5. The fourth-order valence-corrected chi connectivity index (χ4v) is 5.73. The Morgan fingerprint density at radius 2 is 1.48 bits per heavy atom. The molecule has 0 unspecified atom stereocenters. The first kappa shape index (κ1) is 32.7. The zero-order chi connectivity index (χ0) is 30.4. The zero-order valence-electron chi connectivity index (χ0n) is 24.9. The summed E-state index contributed by atoms with van der Waals surface area (Å²) in [6.45, 7) is 5.19. The van der Waals surface area contributed by atoms with Gasteiger partial charge in [0, 0.05) is 32.5 Å². The number of anilines is 1. The van der Waals surface area contributed by atoms with E-state index in [0.29, 0.717) is 31.0 Å². The number of benzene rings is 3. The molecule has 1 atom stereocenters. The highest BCUT2D eigenvalue weighted by molar-refractivity contribution is 7.92. The summed E-state index contributed by atoms with van der Waals surface area (Å²) in [7, 11) is -3.64. The van der Waals surface area contributed by atoms with Crippen LogP contribution < -0.4 is 14.4 Å². The topological polar surface area (TPSA) is 96.0 Å². The van der Waals surface area contributed by atoms with Gasteiger partial charge in [-0.1, -0.05) is 86.1 Å². The van der Waals surface area contributed by atoms with Crippen molar-refractivity contribution < 1.29 is 22.7 Å². The van der Waals surface area contributed by atoms with E-state index in [9.17, 15) is 18.0 Å². The third kappa shape index (κ3) is 9.91. The second-order valence-corrected chi connectivity index (χ2v) is 12.1. The van der Waals surface area contributed by atoms with Crippen molar-refractivity contribution in [1.82, 2.24) is 10.2 Å². The molecule has 0 fully saturated rings. The number of carbonyl (C=O) groups is 2. The highest BCUT2D eigenvalue weighted by Gasteiger charge is 2.30. The molecule has 3 aromatic rings. The Labute approximate surface area is 250 Å². The SMILES string of the molecule is CCCCNC(=O)[C@@H](Cc1ccccc1)N(Cc1ccccc1)C(=O)CCCN(c1ccccc1OCC)S(C)(=O)=O. The first-order valence-electron chi connectivity index (χ1n) is 14.6. The van der Waals surface area contributed by atoms with Crippen LogP contribution in [0.4, 0.5) is 5.69 Å². The summed E-state index contributed by atoms with van der Waals surface area (Å²) in [6.07, 6.45) is 3.65. The molecule has 42 heavy (non-hydrogen) atoms. The van der Waals surface area contributed by atoms with E-state index < -0.39 is 16.1 Å². The van der Waals surface area contributed by atoms with Crippen molar-refractivity contribution in [3.63, 3.8) is 0 Å². The first-order valence-corrected chi connectivity index (χ1v) is 16.4. The number of hydrogen-bond donors (Lipinski definition) is 1. The Balaban J connectivity index is 1.86. The number of nitrogens with one attached hydrogen (secondary N) is 1. The maximum absolute atomic E-state index is 13.9. The maximum Gasteiger partial charge on any atom is 0.243 e. The lowest BCUT2D eigenvalue weighted by atomic mass is 10.0. The quantitative estimate of drug-likeness (QED) is 0.218. The highest BCUT2D eigenvalue weighted by Crippen LogP contribution is 2.30. The molecule has 0 aliphatic carbocycles. The minimum atomic E-state index is -3.64. The number of hydrogen-bond acceptors (Lipinski definition) is 5. The molecule has 3 rings (SSSR count). The lowest BCUT2D eigenvalue weighted by molar-refractivity contribution is -0.141. The van der Waals surface area contributed by atoms with Gasteiger partial charge < -0.3 is 15.0 Å². The molecule has 2 amide bonds. The molecule has 0 bridgehead atoms. The molecular weight excluding hydrogens is 550 g/mol. The number of amides is 2. The number of ether oxygens (including phenoxy) is 1. The van der Waals surface area contributed by atoms with Crippen LogP contribution in [0, 0.1) is 0 Å². The second kappa shape index (κ2) is 16.6. The normalized spacial score (nSPS) is 11.9. The van der Waals surface area contributed by atoms with Gasteiger partial charge in [-0.2, -0.15) is 0 Å². The van der Waals surface area contributed by atoms with Gasteiger partial charge in [0.05, 0.1) is 18.6 Å². The average molecular weight is 594 g/mol. The Kier molecular flexibility index (Phi) is 12.9. The lowest BCUT2D eigenvalue weighted by Gasteiger charge is -2.32. The van der Waals surface area contributed by atoms with Gasteiger partial charge in [0.25, 0.3) is 0 Å². The van der Waals surface area contributed by atoms with Gasteiger partial charge in [0.1, 0.15) is 11.8 Å². The smallest absolute Gasteiger partial charge is 0.243 e. The lowest BCUT2D eigenvalue weighted by Crippen LogP contribution is -2.50. The molecule has 0 spiro atoms. The van der Waals surface area contributed by atoms with E-state index in [1.165, 1.54) is 4.31 Å². The van der Waals surface area contributed by atoms with E-state index in [2.05, 4.69) is 12.2 Å². The molecule has 0 radical (unpaired) electrons. The van der Waals surface area contributed by atoms with Crippen LogP contribution in [-0.2, 0) is 32.6 Å². The van der Waals surface area contributed by atoms with E-state index >= 15 is 0 Å². The minimum absolute atomic E-state index is 0.0726. The molecular formula is C33H43N3O5S. The Hall–Kier alpha value is -3.85. The van der Waals surface area contributed by atoms with Gasteiger partial charge in [-0.15, -0.1) is 0 Å². The predicted molar refractivity (Wildman–Crippen MR) is 168 cm³/mol. The number of sulfonamides is 1. The van der Waals surface area contributed by atoms with E-state index in [-0.39, 0.29) is 37.7 Å². The number of rotatable bonds is 17. The standard InChI is InChI=1S/C33H43N3O5S/c1-4-6-23-34-33(38)30(25-27-16-9-7-10-17-27)35(26-28-18-11-8-12-19-28)32(37)22-15-24-36(42(3,39)40)29-20-13-14-21-31(29)41-5-2/h7-14,16-21,30H,4-6,15,22-26H2,1-3H3,(H,34,38)/t30-/m1/s1. The summed E-state index contributed by atoms with van der Waals surface area (Å²) in [4.78, 5) is 29.1. The number of para-hydroxylation sites is 2. The van der Waals surface area contributed by atoms with Crippen LogP contribution >= 0.6 is 0 Å². The molecule has 3 aromatic carbocycles. The van der Waals surface area contributed by atoms with Gasteiger partial charge >= 0.3 is 0 Å². The van der Waals surface area contributed by atoms with Crippen LogP contribution in [0.15, 0.2) is 84.9 Å². The van der Waals surface area contributed by atoms with Crippen molar-refractivity contribution in [2.24, 2.45) is 0 Å². The fraction of sp³-hybridized carbons (Fsp3) is 0.394. The van der Waals surface area contributed by atoms with Crippen molar-refractivity contribution in [1.29, 1.82) is 0 Å². The van der Waals surface area contributed by atoms with Gasteiger partial charge in [-0.25, -0.2) is 8.42 Å². The van der Waals surface area contributed by atoms with Crippen LogP contribution in [0.25, 0.3) is 0 Å². The Morgan fingerprint density at radius 1 is 0.857 bits per heavy atom. The highest BCUT2D eigenvalue weighted by atomic mass is 32.2. The second-order valence-electron chi connectivity index (χ2n) is 10.2. The van der Waals surface area contributed by atoms with E-state index in [1.54, 1.807) is 29.2 Å². The fourth-order valence-electron chi connectivity index (χ4n) is 4.76. The van der Waals surface area contributed by atoms with Crippen LogP contribution in [0.1, 0.15) is 50.7 Å². The summed E-state index contributed by atoms with van der Waals surface area (Å²) in [6, 6.07) is 25.5. The predicted octanol–water partition coefficient (Wildman–Crippen LogP) is 5.19. The van der Waals surface area contributed by atoms with E-state index in [0.717, 1.165) is 30.2 Å². The van der Waals surface area contributed by atoms with Crippen LogP contribution in [0.2, 0.25) is 0 Å². The molecule has 0 saturated carbocycles. The van der Waals surface area contributed by atoms with Gasteiger partial charge in [0.2, 0.25) is 21.8 Å². The summed E-state index contributed by atoms with van der Waals surface area (Å²) in [5, 5.41) is 3.02. The van der Waals surface area contributed by atoms with Crippen LogP contribution in [0.5, 0.6) is 5.75 Å². The molecule has 0 aromatic heterocycles. The van der Waals surface area contributed by atoms with Gasteiger partial charge in [-0.3, -0.25) is 13.9 Å². The van der Waals surface area contributed by atoms with E-state index in [4.69, 9.17) is 4.74 Å². The Morgan fingerprint density at radius 3 is 2.10 bits per heavy atom. The number of unbranched alkanes of at least 4 members (excludes halogenated alkanes) is 1. The maximum atomic E-state index is 13.9. The summed E-state index contributed by atoms with van der Waals surface area (Å²) in [5.41, 5.74) is 2.30. The van der Waals surface area contributed by atoms with Crippen molar-refractivity contribution >= 4 is 27.5 Å². The Bertz CT molecular complexity index is 1370. The molecule has 9 heteroatoms. The molecule has 0 aliphatic rings. The van der Waals surface area contributed by atoms with Gasteiger partial charge in [0.15, 0.2) is 0 Å². The number of carbonyl (C=O) groups excluding carboxylic acids is 2. The molecule has 0 heterocycles. The molecule has 226 valence electrons. The zero-order valence-corrected chi connectivity index (χ0v) is 25.7. The van der Waals surface area contributed by atoms with E-state index in [1.807, 2.05) is 67.6 Å². The van der Waals surface area contributed by atoms with Crippen LogP contribution in [0.3, 0.4) is 0 Å². The summed E-state index contributed by atoms with van der Waals surface area (Å²) in [5.74, 6) is 0.0612. The third-order valence-electron chi connectivity index (χ3n) is 6.88. The van der Waals surface area contributed by atoms with Crippen molar-refractivity contribution in [3.05, 3.63) is 96.1 Å². The first-order chi connectivity index (χ1) is 20.2. The molecule has 1 N–H and O–H groups in total. The van der Waals surface area contributed by atoms with Crippen molar-refractivity contribution in [2.45, 2.75) is 58.5 Å². The minimum Gasteiger partial charge on any atom is -0.492 e. The van der Waals surface area contributed by atoms with Crippen molar-refractivity contribution in [2.75, 3.05) is 30.3 Å². The third-order valence-corrected chi connectivity index (χ3v) is 8.06. The average Bonchev–Trinajstić information content (AvgIpc) is 2.98. The van der Waals surface area contributed by atoms with Crippen LogP contribution in [-0.4, -0.2) is 57.1 Å². The monoisotopic (exact) mass is 593 g/mol. The summed E-state index contributed by atoms with van der Waals surface area (Å²) >= 11 is 0. The largest absolute Gasteiger partial charge is 0.492 e. The molecule has 0 aliphatic heterocycles. The molecule has 0 saturated heterocycles. The van der Waals surface area contributed by atoms with Crippen molar-refractivity contribution in [3.8, 4) is 5.75 Å².